The Balaban J connectivity index is 1.48. The van der Waals surface area contributed by atoms with Crippen LogP contribution < -0.4 is 5.32 Å². The highest BCUT2D eigenvalue weighted by molar-refractivity contribution is 7.89. The normalized spacial score (nSPS) is 23.3. The summed E-state index contributed by atoms with van der Waals surface area (Å²) in [5.74, 6) is -0.172. The topological polar surface area (TPSA) is 79.0 Å². The molecule has 1 unspecified atom stereocenters. The SMILES string of the molecule is Cc1ccc(S(=O)(=O)N2CC3(CCCN(CC(=O)Nc4cccc(C(F)(F)F)c4)C3)OC[C@@H]2CC(C)C)cc1. The minimum Gasteiger partial charge on any atom is -0.371 e. The molecule has 214 valence electrons. The van der Waals surface area contributed by atoms with Gasteiger partial charge in [-0.2, -0.15) is 17.5 Å². The lowest BCUT2D eigenvalue weighted by Crippen LogP contribution is -2.64. The second-order valence-electron chi connectivity index (χ2n) is 11.1. The number of likely N-dealkylation sites (tertiary alicyclic amines) is 1. The number of nitrogens with one attached hydrogen (secondary N) is 1. The van der Waals surface area contributed by atoms with Gasteiger partial charge < -0.3 is 10.1 Å². The van der Waals surface area contributed by atoms with Crippen molar-refractivity contribution < 1.29 is 31.1 Å². The van der Waals surface area contributed by atoms with Crippen LogP contribution in [0.5, 0.6) is 0 Å². The molecule has 1 amide bonds. The minimum atomic E-state index is -4.50. The van der Waals surface area contributed by atoms with E-state index in [1.807, 2.05) is 25.7 Å². The third-order valence-electron chi connectivity index (χ3n) is 7.26. The number of alkyl halides is 3. The van der Waals surface area contributed by atoms with Gasteiger partial charge in [-0.25, -0.2) is 8.42 Å². The van der Waals surface area contributed by atoms with Crippen LogP contribution in [0.25, 0.3) is 0 Å². The monoisotopic (exact) mass is 567 g/mol. The number of hydrogen-bond donors (Lipinski definition) is 1. The number of rotatable bonds is 7. The highest BCUT2D eigenvalue weighted by atomic mass is 32.2. The molecule has 7 nitrogen and oxygen atoms in total. The molecule has 2 heterocycles. The molecule has 2 saturated heterocycles. The average Bonchev–Trinajstić information content (AvgIpc) is 2.85. The molecule has 1 spiro atoms. The molecular formula is C28H36F3N3O4S. The molecule has 0 radical (unpaired) electrons. The molecule has 0 bridgehead atoms. The molecule has 4 rings (SSSR count). The number of sulfonamides is 1. The third kappa shape index (κ3) is 7.19. The van der Waals surface area contributed by atoms with Crippen molar-refractivity contribution in [3.05, 3.63) is 59.7 Å². The van der Waals surface area contributed by atoms with Crippen LogP contribution in [0, 0.1) is 12.8 Å². The van der Waals surface area contributed by atoms with Crippen molar-refractivity contribution in [3.8, 4) is 0 Å². The molecular weight excluding hydrogens is 531 g/mol. The van der Waals surface area contributed by atoms with Crippen LogP contribution in [0.3, 0.4) is 0 Å². The fourth-order valence-corrected chi connectivity index (χ4v) is 7.12. The lowest BCUT2D eigenvalue weighted by Gasteiger charge is -2.50. The molecule has 2 fully saturated rings. The van der Waals surface area contributed by atoms with Gasteiger partial charge in [0.25, 0.3) is 0 Å². The Hall–Kier alpha value is -2.47. The Morgan fingerprint density at radius 3 is 2.54 bits per heavy atom. The molecule has 11 heteroatoms. The van der Waals surface area contributed by atoms with E-state index in [1.165, 1.54) is 12.1 Å². The Bertz CT molecular complexity index is 1270. The highest BCUT2D eigenvalue weighted by Gasteiger charge is 2.47. The fraction of sp³-hybridized carbons (Fsp3) is 0.536. The first kappa shape index (κ1) is 29.5. The summed E-state index contributed by atoms with van der Waals surface area (Å²) in [5, 5.41) is 2.55. The van der Waals surface area contributed by atoms with E-state index in [1.54, 1.807) is 28.6 Å². The lowest BCUT2D eigenvalue weighted by molar-refractivity contribution is -0.146. The summed E-state index contributed by atoms with van der Waals surface area (Å²) in [4.78, 5) is 14.9. The van der Waals surface area contributed by atoms with Crippen molar-refractivity contribution in [1.82, 2.24) is 9.21 Å². The van der Waals surface area contributed by atoms with Crippen LogP contribution in [0.1, 0.15) is 44.2 Å². The van der Waals surface area contributed by atoms with Gasteiger partial charge in [0.2, 0.25) is 15.9 Å². The maximum atomic E-state index is 13.8. The Morgan fingerprint density at radius 1 is 1.15 bits per heavy atom. The average molecular weight is 568 g/mol. The molecule has 2 aromatic carbocycles. The molecule has 0 aromatic heterocycles. The maximum absolute atomic E-state index is 13.8. The number of carbonyl (C=O) groups is 1. The summed E-state index contributed by atoms with van der Waals surface area (Å²) in [6.45, 7) is 7.33. The minimum absolute atomic E-state index is 0.0402. The molecule has 2 aliphatic rings. The zero-order valence-electron chi connectivity index (χ0n) is 22.5. The van der Waals surface area contributed by atoms with Crippen molar-refractivity contribution in [2.24, 2.45) is 5.92 Å². The number of piperidine rings is 1. The number of halogens is 3. The first-order valence-electron chi connectivity index (χ1n) is 13.2. The summed E-state index contributed by atoms with van der Waals surface area (Å²) in [6.07, 6.45) is -2.50. The van der Waals surface area contributed by atoms with E-state index in [-0.39, 0.29) is 42.2 Å². The Morgan fingerprint density at radius 2 is 1.87 bits per heavy atom. The van der Waals surface area contributed by atoms with Crippen LogP contribution in [0.2, 0.25) is 0 Å². The van der Waals surface area contributed by atoms with Crippen LogP contribution in [0.4, 0.5) is 18.9 Å². The first-order valence-corrected chi connectivity index (χ1v) is 14.6. The summed E-state index contributed by atoms with van der Waals surface area (Å²) in [7, 11) is -3.78. The number of amides is 1. The predicted molar refractivity (Wildman–Crippen MR) is 143 cm³/mol. The van der Waals surface area contributed by atoms with Gasteiger partial charge >= 0.3 is 6.18 Å². The van der Waals surface area contributed by atoms with E-state index in [9.17, 15) is 26.4 Å². The predicted octanol–water partition coefficient (Wildman–Crippen LogP) is 4.92. The van der Waals surface area contributed by atoms with Crippen molar-refractivity contribution in [3.63, 3.8) is 0 Å². The van der Waals surface area contributed by atoms with Crippen LogP contribution >= 0.6 is 0 Å². The summed E-state index contributed by atoms with van der Waals surface area (Å²) >= 11 is 0. The quantitative estimate of drug-likeness (QED) is 0.514. The van der Waals surface area contributed by atoms with Crippen molar-refractivity contribution in [1.29, 1.82) is 0 Å². The summed E-state index contributed by atoms with van der Waals surface area (Å²) < 4.78 is 74.6. The van der Waals surface area contributed by atoms with E-state index in [2.05, 4.69) is 5.32 Å². The standard InChI is InChI=1S/C28H36F3N3O4S/c1-20(2)14-24-17-38-27(19-34(24)39(36,37)25-10-8-21(3)9-11-25)12-5-13-33(18-27)16-26(35)32-23-7-4-6-22(15-23)28(29,30)31/h4,6-11,15,20,24H,5,12-14,16-19H2,1-3H3,(H,32,35)/t24-,27?/m0/s1. The largest absolute Gasteiger partial charge is 0.416 e. The Labute approximate surface area is 228 Å². The van der Waals surface area contributed by atoms with Crippen LogP contribution in [0.15, 0.2) is 53.4 Å². The smallest absolute Gasteiger partial charge is 0.371 e. The number of nitrogens with zero attached hydrogens (tertiary/aromatic N) is 2. The summed E-state index contributed by atoms with van der Waals surface area (Å²) in [6, 6.07) is 11.0. The van der Waals surface area contributed by atoms with Crippen LogP contribution in [-0.2, 0) is 25.7 Å². The van der Waals surface area contributed by atoms with Crippen molar-refractivity contribution >= 4 is 21.6 Å². The van der Waals surface area contributed by atoms with E-state index in [0.717, 1.165) is 17.7 Å². The molecule has 2 aromatic rings. The molecule has 0 saturated carbocycles. The number of hydrogen-bond acceptors (Lipinski definition) is 5. The van der Waals surface area contributed by atoms with Gasteiger partial charge in [0.1, 0.15) is 0 Å². The lowest BCUT2D eigenvalue weighted by atomic mass is 9.89. The zero-order valence-corrected chi connectivity index (χ0v) is 23.3. The number of aryl methyl sites for hydroxylation is 1. The number of anilines is 1. The molecule has 2 atom stereocenters. The second kappa shape index (κ2) is 11.6. The number of ether oxygens (including phenoxy) is 1. The second-order valence-corrected chi connectivity index (χ2v) is 13.0. The maximum Gasteiger partial charge on any atom is 0.416 e. The fourth-order valence-electron chi connectivity index (χ4n) is 5.42. The van der Waals surface area contributed by atoms with E-state index < -0.39 is 33.3 Å². The van der Waals surface area contributed by atoms with Gasteiger partial charge in [0.15, 0.2) is 0 Å². The first-order chi connectivity index (χ1) is 18.3. The summed E-state index contributed by atoms with van der Waals surface area (Å²) in [5.41, 5.74) is -0.571. The van der Waals surface area contributed by atoms with E-state index in [0.29, 0.717) is 32.4 Å². The van der Waals surface area contributed by atoms with Gasteiger partial charge in [0, 0.05) is 24.8 Å². The molecule has 39 heavy (non-hydrogen) atoms. The van der Waals surface area contributed by atoms with Crippen molar-refractivity contribution in [2.45, 2.75) is 62.7 Å². The van der Waals surface area contributed by atoms with Gasteiger partial charge in [-0.15, -0.1) is 0 Å². The molecule has 2 aliphatic heterocycles. The number of benzene rings is 2. The van der Waals surface area contributed by atoms with Crippen molar-refractivity contribution in [2.75, 3.05) is 38.1 Å². The third-order valence-corrected chi connectivity index (χ3v) is 9.18. The molecule has 0 aliphatic carbocycles. The Kier molecular flexibility index (Phi) is 8.75. The van der Waals surface area contributed by atoms with Gasteiger partial charge in [-0.05, 0) is 69.0 Å². The van der Waals surface area contributed by atoms with E-state index >= 15 is 0 Å². The number of morpholine rings is 1. The zero-order chi connectivity index (χ0) is 28.4. The highest BCUT2D eigenvalue weighted by Crippen LogP contribution is 2.36. The van der Waals surface area contributed by atoms with Crippen LogP contribution in [-0.4, -0.2) is 68.0 Å². The van der Waals surface area contributed by atoms with Gasteiger partial charge in [-0.3, -0.25) is 9.69 Å². The van der Waals surface area contributed by atoms with Gasteiger partial charge in [-0.1, -0.05) is 37.6 Å². The molecule has 1 N–H and O–H groups in total. The van der Waals surface area contributed by atoms with Gasteiger partial charge in [0.05, 0.1) is 29.2 Å². The van der Waals surface area contributed by atoms with E-state index in [4.69, 9.17) is 4.74 Å². The number of carbonyl (C=O) groups excluding carboxylic acids is 1.